The third kappa shape index (κ3) is 6.78. The van der Waals surface area contributed by atoms with Crippen molar-refractivity contribution in [1.29, 1.82) is 0 Å². The molecule has 0 unspecified atom stereocenters. The number of nitrogens with one attached hydrogen (secondary N) is 2. The SMILES string of the molecule is Cc1c(NC(=O)c2nc3c(n2C)CCN(CCC2CCCCC2)C3)cccc1-c1cccc(NC(=O)c2nc3c(n2C)CCN(C)C3)c1Cl. The summed E-state index contributed by atoms with van der Waals surface area (Å²) in [7, 11) is 5.89. The molecular formula is C38H47ClN8O2. The van der Waals surface area contributed by atoms with Crippen LogP contribution in [-0.2, 0) is 40.0 Å². The molecule has 4 aromatic rings. The third-order valence-corrected chi connectivity index (χ3v) is 11.3. The van der Waals surface area contributed by atoms with Crippen LogP contribution in [0.5, 0.6) is 0 Å². The van der Waals surface area contributed by atoms with E-state index in [0.717, 1.165) is 90.9 Å². The minimum Gasteiger partial charge on any atom is -0.327 e. The molecule has 2 aromatic carbocycles. The van der Waals surface area contributed by atoms with Crippen LogP contribution in [0.1, 0.15) is 88.1 Å². The maximum atomic E-state index is 13.7. The van der Waals surface area contributed by atoms with E-state index >= 15 is 0 Å². The Morgan fingerprint density at radius 3 is 2.08 bits per heavy atom. The summed E-state index contributed by atoms with van der Waals surface area (Å²) in [5.41, 5.74) is 7.87. The molecule has 0 spiro atoms. The van der Waals surface area contributed by atoms with E-state index in [1.165, 1.54) is 38.5 Å². The quantitative estimate of drug-likeness (QED) is 0.217. The lowest BCUT2D eigenvalue weighted by Gasteiger charge is -2.29. The summed E-state index contributed by atoms with van der Waals surface area (Å²) >= 11 is 6.96. The first-order chi connectivity index (χ1) is 23.7. The van der Waals surface area contributed by atoms with Crippen LogP contribution in [0.25, 0.3) is 11.1 Å². The van der Waals surface area contributed by atoms with E-state index in [0.29, 0.717) is 28.0 Å². The molecule has 2 N–H and O–H groups in total. The average molecular weight is 683 g/mol. The highest BCUT2D eigenvalue weighted by molar-refractivity contribution is 6.36. The van der Waals surface area contributed by atoms with Gasteiger partial charge in [0, 0.05) is 75.8 Å². The second-order valence-electron chi connectivity index (χ2n) is 14.1. The zero-order valence-electron chi connectivity index (χ0n) is 29.1. The van der Waals surface area contributed by atoms with E-state index in [2.05, 4.69) is 32.5 Å². The van der Waals surface area contributed by atoms with Gasteiger partial charge in [-0.1, -0.05) is 68.0 Å². The summed E-state index contributed by atoms with van der Waals surface area (Å²) in [6.07, 6.45) is 9.89. The van der Waals surface area contributed by atoms with Crippen molar-refractivity contribution in [3.63, 3.8) is 0 Å². The van der Waals surface area contributed by atoms with Crippen molar-refractivity contribution in [3.05, 3.63) is 81.4 Å². The maximum Gasteiger partial charge on any atom is 0.291 e. The third-order valence-electron chi connectivity index (χ3n) is 10.9. The molecule has 2 aliphatic heterocycles. The first-order valence-electron chi connectivity index (χ1n) is 17.7. The maximum absolute atomic E-state index is 13.7. The Kier molecular flexibility index (Phi) is 9.64. The normalized spacial score (nSPS) is 17.1. The van der Waals surface area contributed by atoms with Crippen molar-refractivity contribution in [2.24, 2.45) is 20.0 Å². The molecule has 0 radical (unpaired) electrons. The largest absolute Gasteiger partial charge is 0.327 e. The van der Waals surface area contributed by atoms with Crippen molar-refractivity contribution in [2.75, 3.05) is 37.3 Å². The van der Waals surface area contributed by atoms with E-state index in [4.69, 9.17) is 16.6 Å². The molecule has 0 bridgehead atoms. The number of nitrogens with zero attached hydrogens (tertiary/aromatic N) is 6. The van der Waals surface area contributed by atoms with Gasteiger partial charge in [0.1, 0.15) is 0 Å². The van der Waals surface area contributed by atoms with Crippen molar-refractivity contribution in [3.8, 4) is 11.1 Å². The number of aromatic nitrogens is 4. The topological polar surface area (TPSA) is 100 Å². The van der Waals surface area contributed by atoms with Crippen molar-refractivity contribution < 1.29 is 9.59 Å². The monoisotopic (exact) mass is 682 g/mol. The Morgan fingerprint density at radius 1 is 0.796 bits per heavy atom. The fourth-order valence-corrected chi connectivity index (χ4v) is 8.21. The van der Waals surface area contributed by atoms with Crippen LogP contribution in [0.15, 0.2) is 36.4 Å². The van der Waals surface area contributed by atoms with E-state index in [9.17, 15) is 9.59 Å². The number of halogens is 1. The van der Waals surface area contributed by atoms with E-state index in [-0.39, 0.29) is 11.8 Å². The van der Waals surface area contributed by atoms with Crippen molar-refractivity contribution in [2.45, 2.75) is 71.4 Å². The zero-order valence-corrected chi connectivity index (χ0v) is 29.9. The molecule has 3 aliphatic rings. The van der Waals surface area contributed by atoms with E-state index in [1.54, 1.807) is 6.07 Å². The number of fused-ring (bicyclic) bond motifs is 2. The van der Waals surface area contributed by atoms with Gasteiger partial charge in [-0.25, -0.2) is 9.97 Å². The first-order valence-corrected chi connectivity index (χ1v) is 18.1. The number of anilines is 2. The van der Waals surface area contributed by atoms with Crippen LogP contribution in [0.4, 0.5) is 11.4 Å². The number of amides is 2. The molecule has 11 heteroatoms. The highest BCUT2D eigenvalue weighted by Gasteiger charge is 2.27. The van der Waals surface area contributed by atoms with Crippen LogP contribution in [0.2, 0.25) is 5.02 Å². The van der Waals surface area contributed by atoms with Crippen LogP contribution in [-0.4, -0.2) is 67.4 Å². The van der Waals surface area contributed by atoms with Gasteiger partial charge in [-0.2, -0.15) is 0 Å². The molecule has 1 saturated carbocycles. The molecular weight excluding hydrogens is 636 g/mol. The standard InChI is InChI=1S/C38H47ClN8O2/c1-24-26(27-13-9-15-29(34(27)39)43-38(49)36-40-30-22-44(2)19-17-32(30)45(36)3)12-8-14-28(24)42-37(48)35-41-31-23-47(21-18-33(31)46(35)4)20-16-25-10-6-5-7-11-25/h8-9,12-15,25H,5-7,10-11,16-23H2,1-4H3,(H,42,48)(H,43,49). The average Bonchev–Trinajstić information content (AvgIpc) is 3.61. The Bertz CT molecular complexity index is 1890. The molecule has 1 aliphatic carbocycles. The van der Waals surface area contributed by atoms with Crippen LogP contribution >= 0.6 is 11.6 Å². The molecule has 2 aromatic heterocycles. The summed E-state index contributed by atoms with van der Waals surface area (Å²) in [5.74, 6) is 1.11. The minimum absolute atomic E-state index is 0.234. The highest BCUT2D eigenvalue weighted by Crippen LogP contribution is 2.38. The molecule has 49 heavy (non-hydrogen) atoms. The lowest BCUT2D eigenvalue weighted by molar-refractivity contribution is 0.100. The number of benzene rings is 2. The molecule has 10 nitrogen and oxygen atoms in total. The fraction of sp³-hybridized carbons (Fsp3) is 0.474. The molecule has 0 atom stereocenters. The molecule has 7 rings (SSSR count). The highest BCUT2D eigenvalue weighted by atomic mass is 35.5. The van der Waals surface area contributed by atoms with Crippen LogP contribution in [0.3, 0.4) is 0 Å². The van der Waals surface area contributed by atoms with Gasteiger partial charge in [0.15, 0.2) is 11.6 Å². The summed E-state index contributed by atoms with van der Waals surface area (Å²) in [6.45, 7) is 6.52. The Hall–Kier alpha value is -3.99. The van der Waals surface area contributed by atoms with Gasteiger partial charge in [0.05, 0.1) is 22.1 Å². The van der Waals surface area contributed by atoms with Gasteiger partial charge in [-0.3, -0.25) is 14.5 Å². The second kappa shape index (κ2) is 14.1. The first kappa shape index (κ1) is 33.5. The van der Waals surface area contributed by atoms with Crippen molar-refractivity contribution in [1.82, 2.24) is 28.9 Å². The van der Waals surface area contributed by atoms with E-state index in [1.807, 2.05) is 60.5 Å². The van der Waals surface area contributed by atoms with Gasteiger partial charge in [0.25, 0.3) is 11.8 Å². The van der Waals surface area contributed by atoms with Gasteiger partial charge >= 0.3 is 0 Å². The number of carbonyl (C=O) groups excluding carboxylic acids is 2. The lowest BCUT2D eigenvalue weighted by Crippen LogP contribution is -2.33. The van der Waals surface area contributed by atoms with Gasteiger partial charge in [0.2, 0.25) is 0 Å². The number of carbonyl (C=O) groups is 2. The number of rotatable bonds is 8. The summed E-state index contributed by atoms with van der Waals surface area (Å²) in [6, 6.07) is 11.4. The Labute approximate surface area is 293 Å². The number of hydrogen-bond acceptors (Lipinski definition) is 6. The summed E-state index contributed by atoms with van der Waals surface area (Å²) in [4.78, 5) is 41.3. The fourth-order valence-electron chi connectivity index (χ4n) is 7.93. The Morgan fingerprint density at radius 2 is 1.39 bits per heavy atom. The minimum atomic E-state index is -0.304. The van der Waals surface area contributed by atoms with Gasteiger partial charge in [-0.05, 0) is 56.1 Å². The smallest absolute Gasteiger partial charge is 0.291 e. The van der Waals surface area contributed by atoms with Crippen LogP contribution in [0, 0.1) is 12.8 Å². The molecule has 4 heterocycles. The molecule has 258 valence electrons. The lowest BCUT2D eigenvalue weighted by atomic mass is 9.87. The molecule has 0 saturated heterocycles. The van der Waals surface area contributed by atoms with E-state index < -0.39 is 0 Å². The van der Waals surface area contributed by atoms with Gasteiger partial charge < -0.3 is 24.7 Å². The second-order valence-corrected chi connectivity index (χ2v) is 14.5. The number of likely N-dealkylation sites (N-methyl/N-ethyl adjacent to an activating group) is 1. The predicted octanol–water partition coefficient (Wildman–Crippen LogP) is 6.60. The predicted molar refractivity (Wildman–Crippen MR) is 194 cm³/mol. The number of imidazole rings is 2. The summed E-state index contributed by atoms with van der Waals surface area (Å²) in [5, 5.41) is 6.54. The molecule has 2 amide bonds. The van der Waals surface area contributed by atoms with Crippen molar-refractivity contribution >= 4 is 34.8 Å². The number of hydrogen-bond donors (Lipinski definition) is 2. The molecule has 1 fully saturated rings. The summed E-state index contributed by atoms with van der Waals surface area (Å²) < 4.78 is 3.85. The Balaban J connectivity index is 1.05. The zero-order chi connectivity index (χ0) is 34.2. The van der Waals surface area contributed by atoms with Crippen LogP contribution < -0.4 is 10.6 Å². The van der Waals surface area contributed by atoms with Gasteiger partial charge in [-0.15, -0.1) is 0 Å².